The quantitative estimate of drug-likeness (QED) is 0.651. The maximum absolute atomic E-state index is 11.9. The summed E-state index contributed by atoms with van der Waals surface area (Å²) in [6, 6.07) is 18.1. The lowest BCUT2D eigenvalue weighted by molar-refractivity contribution is -0.136. The number of carbonyl (C=O) groups excluding carboxylic acids is 1. The highest BCUT2D eigenvalue weighted by atomic mass is 16.5. The third-order valence-electron chi connectivity index (χ3n) is 4.27. The number of ether oxygens (including phenoxy) is 1. The number of aromatic nitrogens is 1. The lowest BCUT2D eigenvalue weighted by Gasteiger charge is -2.15. The molecular formula is C21H19NO5. The summed E-state index contributed by atoms with van der Waals surface area (Å²) in [5.41, 5.74) is 3.28. The SMILES string of the molecule is COC(=O)c1cc(-n2c(CCC(=O)O)ccc2-c2ccccc2)ccc1O. The molecule has 0 fully saturated rings. The Hall–Kier alpha value is -3.54. The number of nitrogens with zero attached hydrogens (tertiary/aromatic N) is 1. The van der Waals surface area contributed by atoms with Gasteiger partial charge in [0, 0.05) is 11.4 Å². The molecule has 0 saturated carbocycles. The van der Waals surface area contributed by atoms with E-state index in [-0.39, 0.29) is 17.7 Å². The zero-order valence-electron chi connectivity index (χ0n) is 14.8. The summed E-state index contributed by atoms with van der Waals surface area (Å²) in [7, 11) is 1.25. The number of aryl methyl sites for hydroxylation is 1. The number of methoxy groups -OCH3 is 1. The second-order valence-electron chi connectivity index (χ2n) is 6.00. The molecule has 0 unspecified atom stereocenters. The number of hydrogen-bond donors (Lipinski definition) is 2. The van der Waals surface area contributed by atoms with Crippen LogP contribution in [0.15, 0.2) is 60.7 Å². The molecule has 1 heterocycles. The van der Waals surface area contributed by atoms with E-state index >= 15 is 0 Å². The molecule has 0 atom stereocenters. The highest BCUT2D eigenvalue weighted by Gasteiger charge is 2.17. The van der Waals surface area contributed by atoms with Gasteiger partial charge in [0.1, 0.15) is 11.3 Å². The van der Waals surface area contributed by atoms with E-state index in [9.17, 15) is 14.7 Å². The molecule has 0 radical (unpaired) electrons. The number of esters is 1. The summed E-state index contributed by atoms with van der Waals surface area (Å²) in [6.07, 6.45) is 0.316. The molecule has 138 valence electrons. The monoisotopic (exact) mass is 365 g/mol. The van der Waals surface area contributed by atoms with Crippen molar-refractivity contribution in [3.8, 4) is 22.7 Å². The van der Waals surface area contributed by atoms with E-state index in [0.29, 0.717) is 12.1 Å². The Labute approximate surface area is 156 Å². The molecule has 2 N–H and O–H groups in total. The van der Waals surface area contributed by atoms with E-state index in [0.717, 1.165) is 17.0 Å². The van der Waals surface area contributed by atoms with Gasteiger partial charge in [-0.1, -0.05) is 30.3 Å². The Balaban J connectivity index is 2.16. The van der Waals surface area contributed by atoms with Crippen molar-refractivity contribution >= 4 is 11.9 Å². The lowest BCUT2D eigenvalue weighted by atomic mass is 10.1. The molecular weight excluding hydrogens is 346 g/mol. The number of carbonyl (C=O) groups is 2. The van der Waals surface area contributed by atoms with Crippen LogP contribution in [0.4, 0.5) is 0 Å². The Morgan fingerprint density at radius 3 is 2.44 bits per heavy atom. The molecule has 0 aliphatic heterocycles. The van der Waals surface area contributed by atoms with Crippen LogP contribution in [0.5, 0.6) is 5.75 Å². The van der Waals surface area contributed by atoms with Crippen molar-refractivity contribution in [2.75, 3.05) is 7.11 Å². The van der Waals surface area contributed by atoms with Gasteiger partial charge in [-0.3, -0.25) is 4.79 Å². The molecule has 0 saturated heterocycles. The van der Waals surface area contributed by atoms with Crippen molar-refractivity contribution in [2.45, 2.75) is 12.8 Å². The molecule has 1 aromatic heterocycles. The predicted octanol–water partition coefficient (Wildman–Crippen LogP) is 3.65. The Kier molecular flexibility index (Phi) is 5.26. The number of benzene rings is 2. The summed E-state index contributed by atoms with van der Waals surface area (Å²) < 4.78 is 6.62. The van der Waals surface area contributed by atoms with Crippen LogP contribution >= 0.6 is 0 Å². The van der Waals surface area contributed by atoms with Gasteiger partial charge in [0.2, 0.25) is 0 Å². The summed E-state index contributed by atoms with van der Waals surface area (Å²) >= 11 is 0. The molecule has 6 nitrogen and oxygen atoms in total. The van der Waals surface area contributed by atoms with Gasteiger partial charge in [-0.05, 0) is 42.3 Å². The number of aliphatic carboxylic acids is 1. The molecule has 0 aliphatic carbocycles. The zero-order chi connectivity index (χ0) is 19.4. The van der Waals surface area contributed by atoms with Gasteiger partial charge >= 0.3 is 11.9 Å². The smallest absolute Gasteiger partial charge is 0.341 e. The topological polar surface area (TPSA) is 88.8 Å². The fraction of sp³-hybridized carbons (Fsp3) is 0.143. The lowest BCUT2D eigenvalue weighted by Crippen LogP contribution is -2.07. The average molecular weight is 365 g/mol. The van der Waals surface area contributed by atoms with Crippen LogP contribution in [-0.2, 0) is 16.0 Å². The van der Waals surface area contributed by atoms with E-state index < -0.39 is 11.9 Å². The second kappa shape index (κ2) is 7.78. The van der Waals surface area contributed by atoms with Gasteiger partial charge in [-0.25, -0.2) is 4.79 Å². The average Bonchev–Trinajstić information content (AvgIpc) is 3.11. The molecule has 0 amide bonds. The van der Waals surface area contributed by atoms with Crippen molar-refractivity contribution in [1.82, 2.24) is 4.57 Å². The third-order valence-corrected chi connectivity index (χ3v) is 4.27. The highest BCUT2D eigenvalue weighted by Crippen LogP contribution is 2.30. The first-order valence-corrected chi connectivity index (χ1v) is 8.41. The summed E-state index contributed by atoms with van der Waals surface area (Å²) in [4.78, 5) is 23.0. The highest BCUT2D eigenvalue weighted by molar-refractivity contribution is 5.93. The van der Waals surface area contributed by atoms with Crippen molar-refractivity contribution in [1.29, 1.82) is 0 Å². The minimum absolute atomic E-state index is 0.0137. The van der Waals surface area contributed by atoms with Crippen LogP contribution < -0.4 is 0 Å². The maximum Gasteiger partial charge on any atom is 0.341 e. The largest absolute Gasteiger partial charge is 0.507 e. The van der Waals surface area contributed by atoms with Gasteiger partial charge in [-0.15, -0.1) is 0 Å². The normalized spacial score (nSPS) is 10.6. The Morgan fingerprint density at radius 2 is 1.78 bits per heavy atom. The van der Waals surface area contributed by atoms with E-state index in [2.05, 4.69) is 0 Å². The van der Waals surface area contributed by atoms with Gasteiger partial charge in [0.05, 0.1) is 19.2 Å². The number of phenolic OH excluding ortho intramolecular Hbond substituents is 1. The number of carboxylic acids is 1. The summed E-state index contributed by atoms with van der Waals surface area (Å²) in [5, 5.41) is 19.0. The number of carboxylic acid groups (broad SMARTS) is 1. The number of hydrogen-bond acceptors (Lipinski definition) is 4. The van der Waals surface area contributed by atoms with Crippen molar-refractivity contribution in [2.24, 2.45) is 0 Å². The van der Waals surface area contributed by atoms with E-state index in [4.69, 9.17) is 9.84 Å². The van der Waals surface area contributed by atoms with Crippen LogP contribution in [-0.4, -0.2) is 33.8 Å². The second-order valence-corrected chi connectivity index (χ2v) is 6.00. The van der Waals surface area contributed by atoms with E-state index in [1.54, 1.807) is 6.07 Å². The molecule has 27 heavy (non-hydrogen) atoms. The summed E-state index contributed by atoms with van der Waals surface area (Å²) in [6.45, 7) is 0. The van der Waals surface area contributed by atoms with Crippen LogP contribution in [0.2, 0.25) is 0 Å². The molecule has 0 bridgehead atoms. The third kappa shape index (κ3) is 3.84. The Bertz CT molecular complexity index is 975. The first kappa shape index (κ1) is 18.3. The number of rotatable bonds is 6. The number of aromatic hydroxyl groups is 1. The molecule has 3 rings (SSSR count). The molecule has 0 aliphatic rings. The van der Waals surface area contributed by atoms with Crippen molar-refractivity contribution < 1.29 is 24.5 Å². The van der Waals surface area contributed by atoms with Crippen LogP contribution in [0, 0.1) is 0 Å². The minimum Gasteiger partial charge on any atom is -0.507 e. The maximum atomic E-state index is 11.9. The summed E-state index contributed by atoms with van der Waals surface area (Å²) in [5.74, 6) is -1.70. The van der Waals surface area contributed by atoms with Gasteiger partial charge < -0.3 is 19.5 Å². The zero-order valence-corrected chi connectivity index (χ0v) is 14.8. The van der Waals surface area contributed by atoms with Gasteiger partial charge in [0.25, 0.3) is 0 Å². The van der Waals surface area contributed by atoms with Gasteiger partial charge in [-0.2, -0.15) is 0 Å². The van der Waals surface area contributed by atoms with Crippen LogP contribution in [0.1, 0.15) is 22.5 Å². The first-order valence-electron chi connectivity index (χ1n) is 8.41. The number of phenols is 1. The Morgan fingerprint density at radius 1 is 1.04 bits per heavy atom. The fourth-order valence-corrected chi connectivity index (χ4v) is 2.98. The minimum atomic E-state index is -0.884. The molecule has 0 spiro atoms. The molecule has 3 aromatic rings. The molecule has 2 aromatic carbocycles. The predicted molar refractivity (Wildman–Crippen MR) is 100 cm³/mol. The van der Waals surface area contributed by atoms with E-state index in [1.807, 2.05) is 47.0 Å². The molecule has 6 heteroatoms. The van der Waals surface area contributed by atoms with Gasteiger partial charge in [0.15, 0.2) is 0 Å². The standard InChI is InChI=1S/C21H19NO5/c1-27-21(26)17-13-16(8-11-19(17)23)22-15(9-12-20(24)25)7-10-18(22)14-5-3-2-4-6-14/h2-8,10-11,13,23H,9,12H2,1H3,(H,24,25). The van der Waals surface area contributed by atoms with Crippen molar-refractivity contribution in [3.63, 3.8) is 0 Å². The first-order chi connectivity index (χ1) is 13.0. The van der Waals surface area contributed by atoms with Crippen LogP contribution in [0.3, 0.4) is 0 Å². The van der Waals surface area contributed by atoms with Crippen LogP contribution in [0.25, 0.3) is 16.9 Å². The fourth-order valence-electron chi connectivity index (χ4n) is 2.98. The van der Waals surface area contributed by atoms with E-state index in [1.165, 1.54) is 19.2 Å². The van der Waals surface area contributed by atoms with Crippen molar-refractivity contribution in [3.05, 3.63) is 71.9 Å².